The molecule has 1 saturated heterocycles. The standard InChI is InChI=1S/C19H25NO3/c1-14(21)13-20-9-7-19(22,8-10-20)17-5-3-16-12-18(23-2)6-4-15(16)11-17/h3-6,11-12,14,21-22H,7-10,13H2,1-2H3. The summed E-state index contributed by atoms with van der Waals surface area (Å²) in [5.74, 6) is 0.843. The lowest BCUT2D eigenvalue weighted by Gasteiger charge is -2.39. The molecule has 4 heteroatoms. The molecule has 0 spiro atoms. The summed E-state index contributed by atoms with van der Waals surface area (Å²) in [6.45, 7) is 4.09. The highest BCUT2D eigenvalue weighted by Gasteiger charge is 2.34. The number of piperidine rings is 1. The summed E-state index contributed by atoms with van der Waals surface area (Å²) in [5.41, 5.74) is 0.204. The largest absolute Gasteiger partial charge is 0.497 e. The zero-order chi connectivity index (χ0) is 16.4. The van der Waals surface area contributed by atoms with Gasteiger partial charge in [0.1, 0.15) is 5.75 Å². The summed E-state index contributed by atoms with van der Waals surface area (Å²) in [4.78, 5) is 2.21. The highest BCUT2D eigenvalue weighted by atomic mass is 16.5. The number of methoxy groups -OCH3 is 1. The SMILES string of the molecule is COc1ccc2cc(C3(O)CCN(CC(C)O)CC3)ccc2c1. The van der Waals surface area contributed by atoms with Crippen LogP contribution in [-0.2, 0) is 5.60 Å². The van der Waals surface area contributed by atoms with Crippen molar-refractivity contribution in [2.45, 2.75) is 31.5 Å². The lowest BCUT2D eigenvalue weighted by molar-refractivity contribution is -0.0329. The average molecular weight is 315 g/mol. The smallest absolute Gasteiger partial charge is 0.119 e. The Hall–Kier alpha value is -1.62. The van der Waals surface area contributed by atoms with Crippen LogP contribution in [0, 0.1) is 0 Å². The minimum absolute atomic E-state index is 0.322. The molecule has 0 saturated carbocycles. The maximum atomic E-state index is 11.0. The first kappa shape index (κ1) is 16.2. The van der Waals surface area contributed by atoms with Crippen LogP contribution in [0.1, 0.15) is 25.3 Å². The number of β-amino-alcohol motifs (C(OH)–C–C–N with tert-alkyl or cyclic N) is 1. The number of aliphatic hydroxyl groups excluding tert-OH is 1. The summed E-state index contributed by atoms with van der Waals surface area (Å²) < 4.78 is 5.26. The number of fused-ring (bicyclic) bond motifs is 1. The Bertz CT molecular complexity index is 675. The molecule has 1 aliphatic rings. The lowest BCUT2D eigenvalue weighted by atomic mass is 9.83. The van der Waals surface area contributed by atoms with Crippen LogP contribution >= 0.6 is 0 Å². The quantitative estimate of drug-likeness (QED) is 0.910. The topological polar surface area (TPSA) is 52.9 Å². The predicted octanol–water partition coefficient (Wildman–Crippen LogP) is 2.51. The van der Waals surface area contributed by atoms with Gasteiger partial charge in [-0.05, 0) is 54.3 Å². The predicted molar refractivity (Wildman–Crippen MR) is 91.8 cm³/mol. The highest BCUT2D eigenvalue weighted by molar-refractivity contribution is 5.84. The monoisotopic (exact) mass is 315 g/mol. The van der Waals surface area contributed by atoms with Gasteiger partial charge in [0, 0.05) is 19.6 Å². The number of ether oxygens (including phenoxy) is 1. The molecule has 124 valence electrons. The molecule has 0 aromatic heterocycles. The number of likely N-dealkylation sites (tertiary alicyclic amines) is 1. The maximum absolute atomic E-state index is 11.0. The molecular weight excluding hydrogens is 290 g/mol. The highest BCUT2D eigenvalue weighted by Crippen LogP contribution is 2.35. The van der Waals surface area contributed by atoms with Gasteiger partial charge in [-0.1, -0.05) is 18.2 Å². The van der Waals surface area contributed by atoms with Crippen molar-refractivity contribution in [3.8, 4) is 5.75 Å². The molecule has 4 nitrogen and oxygen atoms in total. The Morgan fingerprint density at radius 3 is 2.43 bits per heavy atom. The first-order valence-corrected chi connectivity index (χ1v) is 8.21. The number of hydrogen-bond donors (Lipinski definition) is 2. The van der Waals surface area contributed by atoms with Gasteiger partial charge >= 0.3 is 0 Å². The second-order valence-electron chi connectivity index (χ2n) is 6.61. The molecule has 1 unspecified atom stereocenters. The van der Waals surface area contributed by atoms with Crippen LogP contribution in [0.15, 0.2) is 36.4 Å². The Balaban J connectivity index is 1.80. The van der Waals surface area contributed by atoms with E-state index in [2.05, 4.69) is 11.0 Å². The van der Waals surface area contributed by atoms with Crippen LogP contribution in [0.2, 0.25) is 0 Å². The number of hydrogen-bond acceptors (Lipinski definition) is 4. The van der Waals surface area contributed by atoms with Crippen LogP contribution in [0.5, 0.6) is 5.75 Å². The van der Waals surface area contributed by atoms with E-state index in [1.807, 2.05) is 30.3 Å². The molecule has 23 heavy (non-hydrogen) atoms. The Morgan fingerprint density at radius 1 is 1.13 bits per heavy atom. The Morgan fingerprint density at radius 2 is 1.78 bits per heavy atom. The van der Waals surface area contributed by atoms with Crippen LogP contribution in [0.25, 0.3) is 10.8 Å². The van der Waals surface area contributed by atoms with Crippen molar-refractivity contribution in [3.05, 3.63) is 42.0 Å². The van der Waals surface area contributed by atoms with E-state index in [4.69, 9.17) is 4.74 Å². The first-order valence-electron chi connectivity index (χ1n) is 8.21. The van der Waals surface area contributed by atoms with E-state index >= 15 is 0 Å². The number of rotatable bonds is 4. The second kappa shape index (κ2) is 6.48. The van der Waals surface area contributed by atoms with Crippen LogP contribution in [0.3, 0.4) is 0 Å². The van der Waals surface area contributed by atoms with Crippen molar-refractivity contribution in [2.24, 2.45) is 0 Å². The van der Waals surface area contributed by atoms with Gasteiger partial charge in [0.25, 0.3) is 0 Å². The average Bonchev–Trinajstić information content (AvgIpc) is 2.55. The fourth-order valence-electron chi connectivity index (χ4n) is 3.41. The van der Waals surface area contributed by atoms with Gasteiger partial charge in [-0.15, -0.1) is 0 Å². The molecule has 3 rings (SSSR count). The molecule has 0 aliphatic carbocycles. The van der Waals surface area contributed by atoms with Crippen molar-refractivity contribution in [2.75, 3.05) is 26.7 Å². The fraction of sp³-hybridized carbons (Fsp3) is 0.474. The summed E-state index contributed by atoms with van der Waals surface area (Å²) >= 11 is 0. The second-order valence-corrected chi connectivity index (χ2v) is 6.61. The van der Waals surface area contributed by atoms with Gasteiger partial charge in [-0.25, -0.2) is 0 Å². The first-order chi connectivity index (χ1) is 11.0. The van der Waals surface area contributed by atoms with E-state index in [1.165, 1.54) is 0 Å². The molecule has 2 N–H and O–H groups in total. The van der Waals surface area contributed by atoms with E-state index in [1.54, 1.807) is 14.0 Å². The minimum atomic E-state index is -0.774. The molecule has 0 amide bonds. The van der Waals surface area contributed by atoms with Gasteiger partial charge in [0.15, 0.2) is 0 Å². The molecule has 2 aromatic rings. The number of nitrogens with zero attached hydrogens (tertiary/aromatic N) is 1. The van der Waals surface area contributed by atoms with E-state index in [0.29, 0.717) is 19.4 Å². The molecule has 1 heterocycles. The van der Waals surface area contributed by atoms with E-state index in [9.17, 15) is 10.2 Å². The van der Waals surface area contributed by atoms with Crippen molar-refractivity contribution >= 4 is 10.8 Å². The van der Waals surface area contributed by atoms with Gasteiger partial charge < -0.3 is 19.8 Å². The third-order valence-electron chi connectivity index (χ3n) is 4.79. The van der Waals surface area contributed by atoms with Gasteiger partial charge in [0.05, 0.1) is 18.8 Å². The molecular formula is C19H25NO3. The van der Waals surface area contributed by atoms with Gasteiger partial charge in [-0.3, -0.25) is 0 Å². The van der Waals surface area contributed by atoms with Gasteiger partial charge in [0.2, 0.25) is 0 Å². The summed E-state index contributed by atoms with van der Waals surface area (Å²) in [5, 5.41) is 22.8. The van der Waals surface area contributed by atoms with E-state index in [0.717, 1.165) is 35.2 Å². The number of aliphatic hydroxyl groups is 2. The fourth-order valence-corrected chi connectivity index (χ4v) is 3.41. The third-order valence-corrected chi connectivity index (χ3v) is 4.79. The zero-order valence-electron chi connectivity index (χ0n) is 13.8. The van der Waals surface area contributed by atoms with Crippen molar-refractivity contribution < 1.29 is 14.9 Å². The summed E-state index contributed by atoms with van der Waals surface area (Å²) in [6, 6.07) is 12.1. The molecule has 0 bridgehead atoms. The van der Waals surface area contributed by atoms with Crippen LogP contribution < -0.4 is 4.74 Å². The molecule has 1 aliphatic heterocycles. The molecule has 0 radical (unpaired) electrons. The Kier molecular flexibility index (Phi) is 4.57. The normalized spacial score (nSPS) is 19.7. The minimum Gasteiger partial charge on any atom is -0.497 e. The molecule has 1 atom stereocenters. The van der Waals surface area contributed by atoms with Gasteiger partial charge in [-0.2, -0.15) is 0 Å². The maximum Gasteiger partial charge on any atom is 0.119 e. The zero-order valence-corrected chi connectivity index (χ0v) is 13.8. The number of benzene rings is 2. The van der Waals surface area contributed by atoms with Crippen molar-refractivity contribution in [3.63, 3.8) is 0 Å². The molecule has 2 aromatic carbocycles. The lowest BCUT2D eigenvalue weighted by Crippen LogP contribution is -2.44. The van der Waals surface area contributed by atoms with E-state index in [-0.39, 0.29) is 6.10 Å². The Labute approximate surface area is 137 Å². The third kappa shape index (κ3) is 3.50. The van der Waals surface area contributed by atoms with E-state index < -0.39 is 5.60 Å². The van der Waals surface area contributed by atoms with Crippen molar-refractivity contribution in [1.29, 1.82) is 0 Å². The molecule has 1 fully saturated rings. The van der Waals surface area contributed by atoms with Crippen LogP contribution in [-0.4, -0.2) is 48.0 Å². The summed E-state index contributed by atoms with van der Waals surface area (Å²) in [7, 11) is 1.67. The summed E-state index contributed by atoms with van der Waals surface area (Å²) in [6.07, 6.45) is 1.07. The van der Waals surface area contributed by atoms with Crippen molar-refractivity contribution in [1.82, 2.24) is 4.90 Å². The van der Waals surface area contributed by atoms with Crippen LogP contribution in [0.4, 0.5) is 0 Å².